The second-order valence-corrected chi connectivity index (χ2v) is 4.93. The molecule has 0 bridgehead atoms. The lowest BCUT2D eigenvalue weighted by atomic mass is 10.1. The van der Waals surface area contributed by atoms with Crippen molar-refractivity contribution in [3.8, 4) is 0 Å². The van der Waals surface area contributed by atoms with E-state index < -0.39 is 0 Å². The summed E-state index contributed by atoms with van der Waals surface area (Å²) in [5.41, 5.74) is 8.19. The van der Waals surface area contributed by atoms with Crippen LogP contribution in [0, 0.1) is 5.92 Å². The minimum absolute atomic E-state index is 0.321. The molecule has 1 aromatic rings. The SMILES string of the molecule is NCc1cccc(CN2CCC(CCO)C2)c1. The van der Waals surface area contributed by atoms with Gasteiger partial charge < -0.3 is 10.8 Å². The minimum Gasteiger partial charge on any atom is -0.396 e. The summed E-state index contributed by atoms with van der Waals surface area (Å²) in [5, 5.41) is 8.94. The van der Waals surface area contributed by atoms with Crippen LogP contribution < -0.4 is 5.73 Å². The smallest absolute Gasteiger partial charge is 0.0434 e. The van der Waals surface area contributed by atoms with Crippen LogP contribution >= 0.6 is 0 Å². The predicted octanol–water partition coefficient (Wildman–Crippen LogP) is 1.35. The fourth-order valence-corrected chi connectivity index (χ4v) is 2.59. The Bertz CT molecular complexity index is 354. The lowest BCUT2D eigenvalue weighted by Gasteiger charge is -2.16. The highest BCUT2D eigenvalue weighted by Gasteiger charge is 2.21. The standard InChI is InChI=1S/C14H22N2O/c15-9-13-2-1-3-14(8-13)11-16-6-4-12(10-16)5-7-17/h1-3,8,12,17H,4-7,9-11,15H2. The molecule has 0 radical (unpaired) electrons. The van der Waals surface area contributed by atoms with E-state index in [0.29, 0.717) is 19.1 Å². The highest BCUT2D eigenvalue weighted by atomic mass is 16.3. The van der Waals surface area contributed by atoms with Crippen LogP contribution in [0.3, 0.4) is 0 Å². The van der Waals surface area contributed by atoms with Crippen molar-refractivity contribution in [2.45, 2.75) is 25.9 Å². The van der Waals surface area contributed by atoms with Crippen LogP contribution in [-0.2, 0) is 13.1 Å². The van der Waals surface area contributed by atoms with Crippen molar-refractivity contribution in [2.24, 2.45) is 11.7 Å². The van der Waals surface area contributed by atoms with E-state index in [2.05, 4.69) is 29.2 Å². The van der Waals surface area contributed by atoms with Crippen molar-refractivity contribution < 1.29 is 5.11 Å². The van der Waals surface area contributed by atoms with Gasteiger partial charge in [0.15, 0.2) is 0 Å². The molecule has 0 amide bonds. The first-order valence-corrected chi connectivity index (χ1v) is 6.43. The van der Waals surface area contributed by atoms with Gasteiger partial charge in [0.05, 0.1) is 0 Å². The van der Waals surface area contributed by atoms with Gasteiger partial charge >= 0.3 is 0 Å². The Morgan fingerprint density at radius 1 is 1.35 bits per heavy atom. The highest BCUT2D eigenvalue weighted by Crippen LogP contribution is 2.21. The predicted molar refractivity (Wildman–Crippen MR) is 69.4 cm³/mol. The molecule has 1 unspecified atom stereocenters. The molecule has 0 aromatic heterocycles. The van der Waals surface area contributed by atoms with Crippen LogP contribution in [0.15, 0.2) is 24.3 Å². The summed E-state index contributed by atoms with van der Waals surface area (Å²) in [5.74, 6) is 0.678. The topological polar surface area (TPSA) is 49.5 Å². The number of hydrogen-bond donors (Lipinski definition) is 2. The van der Waals surface area contributed by atoms with Crippen molar-refractivity contribution in [1.29, 1.82) is 0 Å². The first-order chi connectivity index (χ1) is 8.31. The van der Waals surface area contributed by atoms with Gasteiger partial charge in [0.2, 0.25) is 0 Å². The fourth-order valence-electron chi connectivity index (χ4n) is 2.59. The van der Waals surface area contributed by atoms with E-state index in [0.717, 1.165) is 26.1 Å². The Morgan fingerprint density at radius 3 is 2.94 bits per heavy atom. The zero-order valence-electron chi connectivity index (χ0n) is 10.3. The van der Waals surface area contributed by atoms with E-state index in [4.69, 9.17) is 10.8 Å². The maximum atomic E-state index is 8.94. The Labute approximate surface area is 103 Å². The number of nitrogens with two attached hydrogens (primary N) is 1. The maximum Gasteiger partial charge on any atom is 0.0434 e. The van der Waals surface area contributed by atoms with Crippen molar-refractivity contribution >= 4 is 0 Å². The van der Waals surface area contributed by atoms with Gasteiger partial charge in [-0.25, -0.2) is 0 Å². The Morgan fingerprint density at radius 2 is 2.18 bits per heavy atom. The molecular weight excluding hydrogens is 212 g/mol. The number of benzene rings is 1. The Balaban J connectivity index is 1.88. The van der Waals surface area contributed by atoms with Gasteiger partial charge in [-0.2, -0.15) is 0 Å². The van der Waals surface area contributed by atoms with Gasteiger partial charge in [0.25, 0.3) is 0 Å². The largest absolute Gasteiger partial charge is 0.396 e. The third-order valence-electron chi connectivity index (χ3n) is 3.54. The number of nitrogens with zero attached hydrogens (tertiary/aromatic N) is 1. The summed E-state index contributed by atoms with van der Waals surface area (Å²) in [4.78, 5) is 2.47. The van der Waals surface area contributed by atoms with Crippen LogP contribution in [0.4, 0.5) is 0 Å². The molecule has 94 valence electrons. The van der Waals surface area contributed by atoms with Crippen LogP contribution in [-0.4, -0.2) is 29.7 Å². The summed E-state index contributed by atoms with van der Waals surface area (Å²) in [7, 11) is 0. The first-order valence-electron chi connectivity index (χ1n) is 6.43. The Kier molecular flexibility index (Phi) is 4.54. The lowest BCUT2D eigenvalue weighted by molar-refractivity contribution is 0.249. The number of rotatable bonds is 5. The van der Waals surface area contributed by atoms with Gasteiger partial charge in [-0.3, -0.25) is 4.90 Å². The molecule has 1 atom stereocenters. The minimum atomic E-state index is 0.321. The normalized spacial score (nSPS) is 20.9. The van der Waals surface area contributed by atoms with Gasteiger partial charge in [0.1, 0.15) is 0 Å². The molecule has 17 heavy (non-hydrogen) atoms. The van der Waals surface area contributed by atoms with Gasteiger partial charge in [0, 0.05) is 26.2 Å². The molecule has 0 spiro atoms. The van der Waals surface area contributed by atoms with Crippen LogP contribution in [0.2, 0.25) is 0 Å². The van der Waals surface area contributed by atoms with Crippen LogP contribution in [0.5, 0.6) is 0 Å². The van der Waals surface area contributed by atoms with Crippen molar-refractivity contribution in [3.05, 3.63) is 35.4 Å². The average Bonchev–Trinajstić information content (AvgIpc) is 2.77. The van der Waals surface area contributed by atoms with E-state index in [9.17, 15) is 0 Å². The van der Waals surface area contributed by atoms with E-state index >= 15 is 0 Å². The number of likely N-dealkylation sites (tertiary alicyclic amines) is 1. The second-order valence-electron chi connectivity index (χ2n) is 4.93. The molecule has 1 fully saturated rings. The molecule has 1 aliphatic rings. The highest BCUT2D eigenvalue weighted by molar-refractivity contribution is 5.23. The molecule has 1 heterocycles. The van der Waals surface area contributed by atoms with Crippen molar-refractivity contribution in [2.75, 3.05) is 19.7 Å². The summed E-state index contributed by atoms with van der Waals surface area (Å²) >= 11 is 0. The zero-order chi connectivity index (χ0) is 12.1. The van der Waals surface area contributed by atoms with E-state index in [1.807, 2.05) is 0 Å². The van der Waals surface area contributed by atoms with Crippen LogP contribution in [0.1, 0.15) is 24.0 Å². The monoisotopic (exact) mass is 234 g/mol. The number of aliphatic hydroxyl groups is 1. The molecule has 3 N–H and O–H groups in total. The molecule has 1 saturated heterocycles. The number of aliphatic hydroxyl groups excluding tert-OH is 1. The van der Waals surface area contributed by atoms with Crippen molar-refractivity contribution in [1.82, 2.24) is 4.90 Å². The third kappa shape index (κ3) is 3.53. The molecular formula is C14H22N2O. The summed E-state index contributed by atoms with van der Waals surface area (Å²) < 4.78 is 0. The molecule has 0 saturated carbocycles. The first kappa shape index (κ1) is 12.6. The van der Waals surface area contributed by atoms with Crippen molar-refractivity contribution in [3.63, 3.8) is 0 Å². The van der Waals surface area contributed by atoms with E-state index in [-0.39, 0.29) is 0 Å². The quantitative estimate of drug-likeness (QED) is 0.808. The average molecular weight is 234 g/mol. The molecule has 2 rings (SSSR count). The fraction of sp³-hybridized carbons (Fsp3) is 0.571. The molecule has 1 aromatic carbocycles. The summed E-state index contributed by atoms with van der Waals surface area (Å²) in [6, 6.07) is 8.51. The maximum absolute atomic E-state index is 8.94. The molecule has 0 aliphatic carbocycles. The lowest BCUT2D eigenvalue weighted by Crippen LogP contribution is -2.20. The van der Waals surface area contributed by atoms with Crippen LogP contribution in [0.25, 0.3) is 0 Å². The number of hydrogen-bond acceptors (Lipinski definition) is 3. The third-order valence-corrected chi connectivity index (χ3v) is 3.54. The van der Waals surface area contributed by atoms with Gasteiger partial charge in [-0.1, -0.05) is 24.3 Å². The second kappa shape index (κ2) is 6.15. The van der Waals surface area contributed by atoms with Gasteiger partial charge in [-0.05, 0) is 36.4 Å². The van der Waals surface area contributed by atoms with E-state index in [1.54, 1.807) is 0 Å². The zero-order valence-corrected chi connectivity index (χ0v) is 10.3. The molecule has 3 nitrogen and oxygen atoms in total. The molecule has 1 aliphatic heterocycles. The van der Waals surface area contributed by atoms with E-state index in [1.165, 1.54) is 17.5 Å². The van der Waals surface area contributed by atoms with Gasteiger partial charge in [-0.15, -0.1) is 0 Å². The Hall–Kier alpha value is -0.900. The molecule has 3 heteroatoms. The summed E-state index contributed by atoms with van der Waals surface area (Å²) in [6.07, 6.45) is 2.16. The summed E-state index contributed by atoms with van der Waals surface area (Å²) in [6.45, 7) is 4.21.